The van der Waals surface area contributed by atoms with Crippen molar-refractivity contribution >= 4 is 17.3 Å². The fourth-order valence-corrected chi connectivity index (χ4v) is 2.13. The number of aromatic hydroxyl groups is 1. The van der Waals surface area contributed by atoms with Crippen molar-refractivity contribution in [2.75, 3.05) is 11.9 Å². The highest BCUT2D eigenvalue weighted by molar-refractivity contribution is 6.07. The monoisotopic (exact) mass is 352 g/mol. The number of hydrogen-bond donors (Lipinski definition) is 3. The second kappa shape index (κ2) is 8.84. The van der Waals surface area contributed by atoms with Gasteiger partial charge in [0.05, 0.1) is 4.92 Å². The van der Waals surface area contributed by atoms with Crippen LogP contribution in [0.1, 0.15) is 5.56 Å². The maximum atomic E-state index is 12.1. The van der Waals surface area contributed by atoms with Crippen LogP contribution in [0.15, 0.2) is 60.3 Å². The molecule has 0 saturated carbocycles. The van der Waals surface area contributed by atoms with Crippen molar-refractivity contribution in [2.24, 2.45) is 0 Å². The number of nitriles is 1. The van der Waals surface area contributed by atoms with Gasteiger partial charge in [0.2, 0.25) is 0 Å². The van der Waals surface area contributed by atoms with Crippen molar-refractivity contribution in [3.63, 3.8) is 0 Å². The van der Waals surface area contributed by atoms with E-state index in [1.165, 1.54) is 24.4 Å². The highest BCUT2D eigenvalue weighted by Crippen LogP contribution is 2.23. The smallest absolute Gasteiger partial charge is 0.292 e. The van der Waals surface area contributed by atoms with Crippen LogP contribution in [0.25, 0.3) is 0 Å². The molecule has 2 aromatic carbocycles. The molecule has 0 aliphatic rings. The van der Waals surface area contributed by atoms with Crippen LogP contribution in [-0.4, -0.2) is 22.5 Å². The van der Waals surface area contributed by atoms with E-state index in [1.54, 1.807) is 36.4 Å². The van der Waals surface area contributed by atoms with E-state index in [0.29, 0.717) is 13.0 Å². The summed E-state index contributed by atoms with van der Waals surface area (Å²) in [5, 5.41) is 34.5. The Balaban J connectivity index is 1.96. The minimum absolute atomic E-state index is 0.0211. The lowest BCUT2D eigenvalue weighted by Crippen LogP contribution is -2.18. The summed E-state index contributed by atoms with van der Waals surface area (Å²) in [7, 11) is 0. The molecule has 0 unspecified atom stereocenters. The number of carbonyl (C=O) groups is 1. The molecule has 0 aliphatic carbocycles. The summed E-state index contributed by atoms with van der Waals surface area (Å²) in [5.41, 5.74) is 0.548. The summed E-state index contributed by atoms with van der Waals surface area (Å²) < 4.78 is 0. The molecule has 8 nitrogen and oxygen atoms in total. The Labute approximate surface area is 149 Å². The average Bonchev–Trinajstić information content (AvgIpc) is 2.63. The zero-order chi connectivity index (χ0) is 18.9. The molecule has 0 saturated heterocycles. The van der Waals surface area contributed by atoms with Gasteiger partial charge >= 0.3 is 0 Å². The Morgan fingerprint density at radius 2 is 1.92 bits per heavy atom. The SMILES string of the molecule is N#C/C(=C/NCCc1ccc(O)cc1)C(=O)Nc1ccccc1[N+](=O)[O-]. The van der Waals surface area contributed by atoms with Gasteiger partial charge in [0, 0.05) is 18.8 Å². The van der Waals surface area contributed by atoms with Crippen molar-refractivity contribution in [1.29, 1.82) is 5.26 Å². The predicted octanol–water partition coefficient (Wildman–Crippen LogP) is 2.48. The van der Waals surface area contributed by atoms with Crippen LogP contribution in [0.4, 0.5) is 11.4 Å². The van der Waals surface area contributed by atoms with E-state index in [0.717, 1.165) is 5.56 Å². The van der Waals surface area contributed by atoms with Gasteiger partial charge in [-0.05, 0) is 30.2 Å². The molecule has 2 rings (SSSR count). The molecule has 8 heteroatoms. The van der Waals surface area contributed by atoms with E-state index in [-0.39, 0.29) is 22.7 Å². The Kier molecular flexibility index (Phi) is 6.28. The van der Waals surface area contributed by atoms with Crippen LogP contribution in [0.5, 0.6) is 5.75 Å². The molecule has 0 aromatic heterocycles. The first-order valence-electron chi connectivity index (χ1n) is 7.67. The minimum atomic E-state index is -0.737. The number of para-hydroxylation sites is 2. The number of hydrogen-bond acceptors (Lipinski definition) is 6. The molecule has 0 heterocycles. The van der Waals surface area contributed by atoms with Crippen molar-refractivity contribution in [3.05, 3.63) is 76.0 Å². The van der Waals surface area contributed by atoms with Crippen molar-refractivity contribution in [2.45, 2.75) is 6.42 Å². The Bertz CT molecular complexity index is 870. The second-order valence-electron chi connectivity index (χ2n) is 5.27. The third kappa shape index (κ3) is 5.07. The number of benzene rings is 2. The van der Waals surface area contributed by atoms with E-state index in [2.05, 4.69) is 10.6 Å². The molecular formula is C18H16N4O4. The molecule has 0 spiro atoms. The van der Waals surface area contributed by atoms with Gasteiger partial charge in [-0.25, -0.2) is 0 Å². The summed E-state index contributed by atoms with van der Waals surface area (Å²) in [4.78, 5) is 22.5. The van der Waals surface area contributed by atoms with Crippen molar-refractivity contribution in [3.8, 4) is 11.8 Å². The average molecular weight is 352 g/mol. The third-order valence-corrected chi connectivity index (χ3v) is 3.45. The van der Waals surface area contributed by atoms with Crippen LogP contribution in [0.2, 0.25) is 0 Å². The Morgan fingerprint density at radius 1 is 1.23 bits per heavy atom. The first kappa shape index (κ1) is 18.5. The first-order valence-corrected chi connectivity index (χ1v) is 7.67. The zero-order valence-electron chi connectivity index (χ0n) is 13.7. The van der Waals surface area contributed by atoms with Gasteiger partial charge in [0.25, 0.3) is 11.6 Å². The van der Waals surface area contributed by atoms with Crippen LogP contribution in [0, 0.1) is 21.4 Å². The van der Waals surface area contributed by atoms with Gasteiger partial charge in [-0.3, -0.25) is 14.9 Å². The molecule has 3 N–H and O–H groups in total. The first-order chi connectivity index (χ1) is 12.5. The quantitative estimate of drug-likeness (QED) is 0.231. The maximum Gasteiger partial charge on any atom is 0.292 e. The van der Waals surface area contributed by atoms with E-state index in [4.69, 9.17) is 5.26 Å². The molecule has 0 aliphatic heterocycles. The lowest BCUT2D eigenvalue weighted by Gasteiger charge is -2.06. The molecule has 0 fully saturated rings. The number of nitro groups is 1. The van der Waals surface area contributed by atoms with E-state index in [9.17, 15) is 20.0 Å². The number of carbonyl (C=O) groups excluding carboxylic acids is 1. The number of nitrogens with one attached hydrogen (secondary N) is 2. The maximum absolute atomic E-state index is 12.1. The highest BCUT2D eigenvalue weighted by Gasteiger charge is 2.16. The van der Waals surface area contributed by atoms with Gasteiger partial charge in [0.15, 0.2) is 0 Å². The number of nitro benzene ring substituents is 1. The van der Waals surface area contributed by atoms with Crippen LogP contribution in [-0.2, 0) is 11.2 Å². The van der Waals surface area contributed by atoms with Gasteiger partial charge < -0.3 is 15.7 Å². The molecular weight excluding hydrogens is 336 g/mol. The minimum Gasteiger partial charge on any atom is -0.508 e. The summed E-state index contributed by atoms with van der Waals surface area (Å²) in [6.07, 6.45) is 1.89. The summed E-state index contributed by atoms with van der Waals surface area (Å²) in [5.74, 6) is -0.556. The summed E-state index contributed by atoms with van der Waals surface area (Å²) >= 11 is 0. The highest BCUT2D eigenvalue weighted by atomic mass is 16.6. The third-order valence-electron chi connectivity index (χ3n) is 3.45. The number of phenols is 1. The van der Waals surface area contributed by atoms with E-state index in [1.807, 2.05) is 0 Å². The van der Waals surface area contributed by atoms with Crippen molar-refractivity contribution < 1.29 is 14.8 Å². The lowest BCUT2D eigenvalue weighted by molar-refractivity contribution is -0.383. The molecule has 0 atom stereocenters. The van der Waals surface area contributed by atoms with E-state index < -0.39 is 10.8 Å². The summed E-state index contributed by atoms with van der Waals surface area (Å²) in [6, 6.07) is 14.1. The number of rotatable bonds is 7. The van der Waals surface area contributed by atoms with Gasteiger partial charge in [-0.2, -0.15) is 5.26 Å². The van der Waals surface area contributed by atoms with Crippen LogP contribution in [0.3, 0.4) is 0 Å². The Hall–Kier alpha value is -3.86. The second-order valence-corrected chi connectivity index (χ2v) is 5.27. The number of anilines is 1. The fourth-order valence-electron chi connectivity index (χ4n) is 2.13. The largest absolute Gasteiger partial charge is 0.508 e. The molecule has 1 amide bonds. The molecule has 26 heavy (non-hydrogen) atoms. The molecule has 0 bridgehead atoms. The number of phenolic OH excluding ortho intramolecular Hbond substituents is 1. The van der Waals surface area contributed by atoms with Crippen LogP contribution >= 0.6 is 0 Å². The van der Waals surface area contributed by atoms with Gasteiger partial charge in [-0.1, -0.05) is 24.3 Å². The Morgan fingerprint density at radius 3 is 2.58 bits per heavy atom. The van der Waals surface area contributed by atoms with Crippen LogP contribution < -0.4 is 10.6 Å². The molecule has 2 aromatic rings. The number of amides is 1. The fraction of sp³-hybridized carbons (Fsp3) is 0.111. The normalized spacial score (nSPS) is 10.7. The van der Waals surface area contributed by atoms with Gasteiger partial charge in [0.1, 0.15) is 23.1 Å². The van der Waals surface area contributed by atoms with E-state index >= 15 is 0 Å². The molecule has 132 valence electrons. The molecule has 0 radical (unpaired) electrons. The van der Waals surface area contributed by atoms with Crippen molar-refractivity contribution in [1.82, 2.24) is 5.32 Å². The van der Waals surface area contributed by atoms with Gasteiger partial charge in [-0.15, -0.1) is 0 Å². The zero-order valence-corrected chi connectivity index (χ0v) is 13.7. The number of nitrogens with zero attached hydrogens (tertiary/aromatic N) is 2. The topological polar surface area (TPSA) is 128 Å². The standard InChI is InChI=1S/C18H16N4O4/c19-11-14(12-20-10-9-13-5-7-15(23)8-6-13)18(24)21-16-3-1-2-4-17(16)22(25)26/h1-8,12,20,23H,9-10H2,(H,21,24)/b14-12-. The lowest BCUT2D eigenvalue weighted by atomic mass is 10.1. The summed E-state index contributed by atoms with van der Waals surface area (Å²) in [6.45, 7) is 0.467. The predicted molar refractivity (Wildman–Crippen MR) is 95.2 cm³/mol.